The standard InChI is InChI=1S/C14H15FN2S/c1-3-4-10-13(16-8-17-14(10)18)11-7-9(2)5-6-12(11)15/h5-8H,3-4H2,1-2H3,(H,16,17,18). The summed E-state index contributed by atoms with van der Waals surface area (Å²) in [5, 5.41) is 0. The van der Waals surface area contributed by atoms with Gasteiger partial charge in [-0.1, -0.05) is 37.2 Å². The van der Waals surface area contributed by atoms with Gasteiger partial charge in [0, 0.05) is 11.1 Å². The number of rotatable bonds is 3. The summed E-state index contributed by atoms with van der Waals surface area (Å²) < 4.78 is 14.5. The van der Waals surface area contributed by atoms with Crippen molar-refractivity contribution >= 4 is 12.2 Å². The Bertz CT molecular complexity index is 619. The van der Waals surface area contributed by atoms with E-state index in [2.05, 4.69) is 16.9 Å². The number of hydrogen-bond acceptors (Lipinski definition) is 2. The van der Waals surface area contributed by atoms with Gasteiger partial charge in [0.25, 0.3) is 0 Å². The maximum absolute atomic E-state index is 13.9. The summed E-state index contributed by atoms with van der Waals surface area (Å²) in [7, 11) is 0. The minimum absolute atomic E-state index is 0.241. The average Bonchev–Trinajstić information content (AvgIpc) is 2.35. The van der Waals surface area contributed by atoms with Crippen LogP contribution >= 0.6 is 12.2 Å². The van der Waals surface area contributed by atoms with Gasteiger partial charge in [0.15, 0.2) is 0 Å². The second-order valence-electron chi connectivity index (χ2n) is 4.29. The van der Waals surface area contributed by atoms with E-state index in [1.54, 1.807) is 6.07 Å². The van der Waals surface area contributed by atoms with Crippen LogP contribution in [0.15, 0.2) is 24.5 Å². The van der Waals surface area contributed by atoms with E-state index in [-0.39, 0.29) is 5.82 Å². The van der Waals surface area contributed by atoms with Gasteiger partial charge in [-0.25, -0.2) is 9.37 Å². The zero-order chi connectivity index (χ0) is 13.1. The number of halogens is 1. The van der Waals surface area contributed by atoms with Gasteiger partial charge in [-0.15, -0.1) is 0 Å². The van der Waals surface area contributed by atoms with Crippen molar-refractivity contribution in [3.05, 3.63) is 46.1 Å². The van der Waals surface area contributed by atoms with E-state index < -0.39 is 0 Å². The first-order chi connectivity index (χ1) is 8.63. The van der Waals surface area contributed by atoms with E-state index in [0.717, 1.165) is 29.7 Å². The topological polar surface area (TPSA) is 28.7 Å². The lowest BCUT2D eigenvalue weighted by molar-refractivity contribution is 0.630. The molecular weight excluding hydrogens is 247 g/mol. The fourth-order valence-corrected chi connectivity index (χ4v) is 2.24. The third kappa shape index (κ3) is 2.48. The minimum atomic E-state index is -0.241. The molecule has 2 rings (SSSR count). The molecule has 2 nitrogen and oxygen atoms in total. The minimum Gasteiger partial charge on any atom is -0.345 e. The zero-order valence-corrected chi connectivity index (χ0v) is 11.3. The largest absolute Gasteiger partial charge is 0.345 e. The van der Waals surface area contributed by atoms with Gasteiger partial charge in [0.1, 0.15) is 10.5 Å². The Morgan fingerprint density at radius 1 is 1.39 bits per heavy atom. The summed E-state index contributed by atoms with van der Waals surface area (Å²) in [4.78, 5) is 7.10. The molecule has 1 aromatic carbocycles. The third-order valence-corrected chi connectivity index (χ3v) is 3.19. The monoisotopic (exact) mass is 262 g/mol. The van der Waals surface area contributed by atoms with E-state index >= 15 is 0 Å². The van der Waals surface area contributed by atoms with Crippen LogP contribution in [0.1, 0.15) is 24.5 Å². The maximum atomic E-state index is 13.9. The zero-order valence-electron chi connectivity index (χ0n) is 10.5. The molecule has 2 aromatic rings. The van der Waals surface area contributed by atoms with Crippen molar-refractivity contribution in [3.63, 3.8) is 0 Å². The molecule has 0 aliphatic rings. The maximum Gasteiger partial charge on any atom is 0.133 e. The molecule has 0 saturated carbocycles. The molecule has 1 aromatic heterocycles. The molecular formula is C14H15FN2S. The van der Waals surface area contributed by atoms with Crippen LogP contribution in [0.4, 0.5) is 4.39 Å². The van der Waals surface area contributed by atoms with Crippen molar-refractivity contribution in [2.45, 2.75) is 26.7 Å². The van der Waals surface area contributed by atoms with Crippen molar-refractivity contribution < 1.29 is 4.39 Å². The lowest BCUT2D eigenvalue weighted by atomic mass is 10.0. The molecule has 18 heavy (non-hydrogen) atoms. The van der Waals surface area contributed by atoms with Gasteiger partial charge in [-0.3, -0.25) is 0 Å². The summed E-state index contributed by atoms with van der Waals surface area (Å²) >= 11 is 5.23. The van der Waals surface area contributed by atoms with Gasteiger partial charge in [-0.2, -0.15) is 0 Å². The van der Waals surface area contributed by atoms with E-state index in [4.69, 9.17) is 12.2 Å². The molecule has 0 aliphatic heterocycles. The lowest BCUT2D eigenvalue weighted by Crippen LogP contribution is -1.98. The summed E-state index contributed by atoms with van der Waals surface area (Å²) in [6.45, 7) is 4.01. The SMILES string of the molecule is CCCc1c(-c2cc(C)ccc2F)[nH]cnc1=S. The highest BCUT2D eigenvalue weighted by Gasteiger charge is 2.11. The third-order valence-electron chi connectivity index (χ3n) is 2.84. The molecule has 1 N–H and O–H groups in total. The summed E-state index contributed by atoms with van der Waals surface area (Å²) in [6.07, 6.45) is 3.27. The quantitative estimate of drug-likeness (QED) is 0.839. The van der Waals surface area contributed by atoms with Crippen LogP contribution in [-0.2, 0) is 6.42 Å². The fraction of sp³-hybridized carbons (Fsp3) is 0.286. The van der Waals surface area contributed by atoms with E-state index in [0.29, 0.717) is 10.2 Å². The molecule has 0 spiro atoms. The first-order valence-electron chi connectivity index (χ1n) is 5.96. The lowest BCUT2D eigenvalue weighted by Gasteiger charge is -2.10. The van der Waals surface area contributed by atoms with Gasteiger partial charge >= 0.3 is 0 Å². The highest BCUT2D eigenvalue weighted by Crippen LogP contribution is 2.26. The van der Waals surface area contributed by atoms with Crippen molar-refractivity contribution in [1.29, 1.82) is 0 Å². The van der Waals surface area contributed by atoms with Crippen LogP contribution in [-0.4, -0.2) is 9.97 Å². The second kappa shape index (κ2) is 5.40. The van der Waals surface area contributed by atoms with Crippen molar-refractivity contribution in [1.82, 2.24) is 9.97 Å². The van der Waals surface area contributed by atoms with Gasteiger partial charge in [0.2, 0.25) is 0 Å². The van der Waals surface area contributed by atoms with E-state index in [1.165, 1.54) is 12.4 Å². The van der Waals surface area contributed by atoms with Crippen LogP contribution in [0.25, 0.3) is 11.3 Å². The number of H-pyrrole nitrogens is 1. The smallest absolute Gasteiger partial charge is 0.133 e. The summed E-state index contributed by atoms with van der Waals surface area (Å²) in [6, 6.07) is 5.07. The number of benzene rings is 1. The van der Waals surface area contributed by atoms with Crippen LogP contribution in [0.2, 0.25) is 0 Å². The summed E-state index contributed by atoms with van der Waals surface area (Å²) in [5.41, 5.74) is 3.24. The second-order valence-corrected chi connectivity index (χ2v) is 4.68. The number of hydrogen-bond donors (Lipinski definition) is 1. The highest BCUT2D eigenvalue weighted by molar-refractivity contribution is 7.71. The molecule has 94 valence electrons. The van der Waals surface area contributed by atoms with Crippen LogP contribution in [0, 0.1) is 17.4 Å². The molecule has 0 atom stereocenters. The number of aromatic nitrogens is 2. The number of aromatic amines is 1. The molecule has 0 radical (unpaired) electrons. The molecule has 0 bridgehead atoms. The van der Waals surface area contributed by atoms with Crippen LogP contribution in [0.3, 0.4) is 0 Å². The molecule has 0 saturated heterocycles. The van der Waals surface area contributed by atoms with E-state index in [9.17, 15) is 4.39 Å². The average molecular weight is 262 g/mol. The highest BCUT2D eigenvalue weighted by atomic mass is 32.1. The normalized spacial score (nSPS) is 10.6. The summed E-state index contributed by atoms with van der Waals surface area (Å²) in [5.74, 6) is -0.241. The van der Waals surface area contributed by atoms with Gasteiger partial charge in [-0.05, 0) is 25.5 Å². The molecule has 0 fully saturated rings. The van der Waals surface area contributed by atoms with Crippen LogP contribution < -0.4 is 0 Å². The predicted octanol–water partition coefficient (Wildman–Crippen LogP) is 4.21. The first kappa shape index (κ1) is 12.9. The van der Waals surface area contributed by atoms with Crippen molar-refractivity contribution in [2.75, 3.05) is 0 Å². The Hall–Kier alpha value is -1.55. The Labute approximate surface area is 111 Å². The van der Waals surface area contributed by atoms with Crippen LogP contribution in [0.5, 0.6) is 0 Å². The first-order valence-corrected chi connectivity index (χ1v) is 6.37. The Kier molecular flexibility index (Phi) is 3.87. The number of nitrogens with one attached hydrogen (secondary N) is 1. The van der Waals surface area contributed by atoms with Gasteiger partial charge in [0.05, 0.1) is 12.0 Å². The van der Waals surface area contributed by atoms with E-state index in [1.807, 2.05) is 13.0 Å². The number of aryl methyl sites for hydroxylation is 1. The Balaban J connectivity index is 2.67. The molecule has 1 heterocycles. The van der Waals surface area contributed by atoms with Crippen molar-refractivity contribution in [2.24, 2.45) is 0 Å². The van der Waals surface area contributed by atoms with Gasteiger partial charge < -0.3 is 4.98 Å². The molecule has 0 amide bonds. The molecule has 0 unspecified atom stereocenters. The Morgan fingerprint density at radius 2 is 2.17 bits per heavy atom. The predicted molar refractivity (Wildman–Crippen MR) is 73.5 cm³/mol. The fourth-order valence-electron chi connectivity index (χ4n) is 1.98. The molecule has 0 aliphatic carbocycles. The Morgan fingerprint density at radius 3 is 2.89 bits per heavy atom. The number of nitrogens with zero attached hydrogens (tertiary/aromatic N) is 1. The molecule has 4 heteroatoms. The van der Waals surface area contributed by atoms with Crippen molar-refractivity contribution in [3.8, 4) is 11.3 Å².